The lowest BCUT2D eigenvalue weighted by Gasteiger charge is -2.12. The number of pyridine rings is 1. The Kier molecular flexibility index (Phi) is 5.65. The number of nitrogens with zero attached hydrogens (tertiary/aromatic N) is 2. The van der Waals surface area contributed by atoms with Crippen LogP contribution in [0.2, 0.25) is 0 Å². The first-order chi connectivity index (χ1) is 12.0. The number of hydrogen-bond acceptors (Lipinski definition) is 3. The lowest BCUT2D eigenvalue weighted by Crippen LogP contribution is -2.31. The second kappa shape index (κ2) is 7.93. The molecule has 0 radical (unpaired) electrons. The summed E-state index contributed by atoms with van der Waals surface area (Å²) in [7, 11) is 3.97. The van der Waals surface area contributed by atoms with Crippen LogP contribution in [-0.2, 0) is 0 Å². The number of carbonyl (C=O) groups is 1. The average molecular weight is 445 g/mol. The maximum atomic E-state index is 12.6. The lowest BCUT2D eigenvalue weighted by atomic mass is 10.1. The molecule has 25 heavy (non-hydrogen) atoms. The molecule has 3 rings (SSSR count). The number of likely N-dealkylation sites (N-methyl/N-ethyl adjacent to an activating group) is 1. The van der Waals surface area contributed by atoms with Gasteiger partial charge >= 0.3 is 0 Å². The molecule has 128 valence electrons. The van der Waals surface area contributed by atoms with Crippen molar-refractivity contribution in [2.75, 3.05) is 27.2 Å². The molecule has 1 N–H and O–H groups in total. The van der Waals surface area contributed by atoms with E-state index in [4.69, 9.17) is 4.98 Å². The fraction of sp³-hybridized carbons (Fsp3) is 0.200. The van der Waals surface area contributed by atoms with Crippen molar-refractivity contribution < 1.29 is 4.79 Å². The van der Waals surface area contributed by atoms with Crippen LogP contribution in [0.3, 0.4) is 0 Å². The molecule has 0 unspecified atom stereocenters. The first-order valence-electron chi connectivity index (χ1n) is 8.13. The highest BCUT2D eigenvalue weighted by atomic mass is 127. The Hall–Kier alpha value is -1.99. The van der Waals surface area contributed by atoms with Crippen molar-refractivity contribution in [1.29, 1.82) is 0 Å². The molecule has 0 saturated heterocycles. The second-order valence-corrected chi connectivity index (χ2v) is 7.39. The minimum absolute atomic E-state index is 0.0836. The summed E-state index contributed by atoms with van der Waals surface area (Å²) in [6, 6.07) is 17.9. The zero-order valence-corrected chi connectivity index (χ0v) is 16.4. The number of hydrogen-bond donors (Lipinski definition) is 1. The predicted octanol–water partition coefficient (Wildman–Crippen LogP) is 3.80. The molecule has 4 nitrogen and oxygen atoms in total. The van der Waals surface area contributed by atoms with E-state index in [1.165, 1.54) is 3.57 Å². The maximum Gasteiger partial charge on any atom is 0.253 e. The third-order valence-corrected chi connectivity index (χ3v) is 4.67. The maximum absolute atomic E-state index is 12.6. The van der Waals surface area contributed by atoms with Crippen LogP contribution in [-0.4, -0.2) is 43.0 Å². The highest BCUT2D eigenvalue weighted by Gasteiger charge is 2.12. The van der Waals surface area contributed by atoms with Crippen LogP contribution in [0.25, 0.3) is 22.2 Å². The Bertz CT molecular complexity index is 891. The van der Waals surface area contributed by atoms with Gasteiger partial charge < -0.3 is 10.2 Å². The van der Waals surface area contributed by atoms with Gasteiger partial charge in [-0.25, -0.2) is 4.98 Å². The molecule has 1 aromatic heterocycles. The normalized spacial score (nSPS) is 11.0. The van der Waals surface area contributed by atoms with E-state index in [1.807, 2.05) is 49.3 Å². The molecule has 0 aliphatic heterocycles. The minimum atomic E-state index is -0.0836. The standard InChI is InChI=1S/C20H20IN3O/c1-24(2)13-12-22-20(25)17-5-3-4-15-8-11-18(23-19(15)17)14-6-9-16(21)10-7-14/h3-11H,12-13H2,1-2H3,(H,22,25). The number of carbonyl (C=O) groups excluding carboxylic acids is 1. The van der Waals surface area contributed by atoms with Gasteiger partial charge in [-0.15, -0.1) is 0 Å². The number of fused-ring (bicyclic) bond motifs is 1. The monoisotopic (exact) mass is 445 g/mol. The molecule has 1 amide bonds. The van der Waals surface area contributed by atoms with Gasteiger partial charge in [0, 0.05) is 27.6 Å². The SMILES string of the molecule is CN(C)CCNC(=O)c1cccc2ccc(-c3ccc(I)cc3)nc12. The van der Waals surface area contributed by atoms with E-state index in [2.05, 4.69) is 52.2 Å². The summed E-state index contributed by atoms with van der Waals surface area (Å²) in [6.45, 7) is 1.41. The van der Waals surface area contributed by atoms with Crippen LogP contribution in [0.5, 0.6) is 0 Å². The van der Waals surface area contributed by atoms with Gasteiger partial charge in [0.2, 0.25) is 0 Å². The highest BCUT2D eigenvalue weighted by molar-refractivity contribution is 14.1. The number of para-hydroxylation sites is 1. The molecule has 0 saturated carbocycles. The molecule has 0 spiro atoms. The highest BCUT2D eigenvalue weighted by Crippen LogP contribution is 2.24. The van der Waals surface area contributed by atoms with Gasteiger partial charge in [0.15, 0.2) is 0 Å². The summed E-state index contributed by atoms with van der Waals surface area (Å²) in [6.07, 6.45) is 0. The molecular weight excluding hydrogens is 425 g/mol. The Morgan fingerprint density at radius 3 is 2.56 bits per heavy atom. The Morgan fingerprint density at radius 1 is 1.08 bits per heavy atom. The van der Waals surface area contributed by atoms with E-state index in [0.29, 0.717) is 12.1 Å². The molecule has 0 fully saturated rings. The molecule has 2 aromatic carbocycles. The van der Waals surface area contributed by atoms with Gasteiger partial charge in [0.1, 0.15) is 0 Å². The molecule has 0 aliphatic carbocycles. The van der Waals surface area contributed by atoms with E-state index in [-0.39, 0.29) is 5.91 Å². The Morgan fingerprint density at radius 2 is 1.84 bits per heavy atom. The molecule has 1 heterocycles. The Labute approximate surface area is 161 Å². The van der Waals surface area contributed by atoms with Gasteiger partial charge in [0.25, 0.3) is 5.91 Å². The number of aromatic nitrogens is 1. The van der Waals surface area contributed by atoms with Crippen LogP contribution in [0.4, 0.5) is 0 Å². The lowest BCUT2D eigenvalue weighted by molar-refractivity contribution is 0.0952. The topological polar surface area (TPSA) is 45.2 Å². The Balaban J connectivity index is 1.94. The smallest absolute Gasteiger partial charge is 0.253 e. The summed E-state index contributed by atoms with van der Waals surface area (Å²) < 4.78 is 1.18. The third-order valence-electron chi connectivity index (χ3n) is 3.95. The molecule has 0 bridgehead atoms. The largest absolute Gasteiger partial charge is 0.351 e. The van der Waals surface area contributed by atoms with E-state index in [0.717, 1.165) is 28.7 Å². The minimum Gasteiger partial charge on any atom is -0.351 e. The van der Waals surface area contributed by atoms with Crippen molar-refractivity contribution in [2.45, 2.75) is 0 Å². The van der Waals surface area contributed by atoms with Gasteiger partial charge in [-0.2, -0.15) is 0 Å². The fourth-order valence-electron chi connectivity index (χ4n) is 2.60. The average Bonchev–Trinajstić information content (AvgIpc) is 2.61. The first-order valence-corrected chi connectivity index (χ1v) is 9.21. The van der Waals surface area contributed by atoms with E-state index in [1.54, 1.807) is 0 Å². The van der Waals surface area contributed by atoms with E-state index < -0.39 is 0 Å². The molecule has 0 atom stereocenters. The molecular formula is C20H20IN3O. The molecule has 5 heteroatoms. The van der Waals surface area contributed by atoms with Crippen LogP contribution in [0.1, 0.15) is 10.4 Å². The number of nitrogens with one attached hydrogen (secondary N) is 1. The van der Waals surface area contributed by atoms with Crippen molar-refractivity contribution in [3.05, 3.63) is 63.7 Å². The number of benzene rings is 2. The van der Waals surface area contributed by atoms with Crippen molar-refractivity contribution in [3.63, 3.8) is 0 Å². The van der Waals surface area contributed by atoms with Crippen LogP contribution in [0, 0.1) is 3.57 Å². The van der Waals surface area contributed by atoms with Crippen molar-refractivity contribution >= 4 is 39.4 Å². The summed E-state index contributed by atoms with van der Waals surface area (Å²) in [4.78, 5) is 19.4. The quantitative estimate of drug-likeness (QED) is 0.608. The third kappa shape index (κ3) is 4.35. The predicted molar refractivity (Wildman–Crippen MR) is 111 cm³/mol. The van der Waals surface area contributed by atoms with Crippen LogP contribution < -0.4 is 5.32 Å². The molecule has 0 aliphatic rings. The first kappa shape index (κ1) is 17.8. The van der Waals surface area contributed by atoms with Gasteiger partial charge in [0.05, 0.1) is 16.8 Å². The van der Waals surface area contributed by atoms with Crippen LogP contribution >= 0.6 is 22.6 Å². The summed E-state index contributed by atoms with van der Waals surface area (Å²) in [5.74, 6) is -0.0836. The molecule has 3 aromatic rings. The fourth-order valence-corrected chi connectivity index (χ4v) is 2.96. The summed E-state index contributed by atoms with van der Waals surface area (Å²) in [5.41, 5.74) is 3.27. The summed E-state index contributed by atoms with van der Waals surface area (Å²) in [5, 5.41) is 3.93. The van der Waals surface area contributed by atoms with Crippen molar-refractivity contribution in [1.82, 2.24) is 15.2 Å². The second-order valence-electron chi connectivity index (χ2n) is 6.14. The van der Waals surface area contributed by atoms with Crippen molar-refractivity contribution in [2.24, 2.45) is 0 Å². The van der Waals surface area contributed by atoms with Gasteiger partial charge in [-0.05, 0) is 61.0 Å². The van der Waals surface area contributed by atoms with Gasteiger partial charge in [-0.3, -0.25) is 4.79 Å². The van der Waals surface area contributed by atoms with Gasteiger partial charge in [-0.1, -0.05) is 30.3 Å². The number of halogens is 1. The van der Waals surface area contributed by atoms with E-state index >= 15 is 0 Å². The van der Waals surface area contributed by atoms with E-state index in [9.17, 15) is 4.79 Å². The zero-order valence-electron chi connectivity index (χ0n) is 14.3. The van der Waals surface area contributed by atoms with Crippen molar-refractivity contribution in [3.8, 4) is 11.3 Å². The zero-order chi connectivity index (χ0) is 17.8. The van der Waals surface area contributed by atoms with Crippen LogP contribution in [0.15, 0.2) is 54.6 Å². The number of amides is 1. The number of rotatable bonds is 5. The summed E-state index contributed by atoms with van der Waals surface area (Å²) >= 11 is 2.28.